The van der Waals surface area contributed by atoms with Crippen molar-refractivity contribution in [3.63, 3.8) is 0 Å². The summed E-state index contributed by atoms with van der Waals surface area (Å²) in [5.74, 6) is -6.67. The van der Waals surface area contributed by atoms with Gasteiger partial charge in [-0.05, 0) is 65.5 Å². The van der Waals surface area contributed by atoms with Crippen LogP contribution >= 0.6 is 0 Å². The van der Waals surface area contributed by atoms with Crippen molar-refractivity contribution in [2.24, 2.45) is 5.73 Å². The number of nitrogens with one attached hydrogen (secondary N) is 5. The van der Waals surface area contributed by atoms with Gasteiger partial charge in [0.25, 0.3) is 0 Å². The highest BCUT2D eigenvalue weighted by Gasteiger charge is 2.29. The van der Waals surface area contributed by atoms with E-state index in [2.05, 4.69) is 31.3 Å². The number of hydrogen-bond donors (Lipinski definition) is 8. The van der Waals surface area contributed by atoms with Crippen molar-refractivity contribution in [2.45, 2.75) is 89.6 Å². The predicted molar refractivity (Wildman–Crippen MR) is 178 cm³/mol. The summed E-state index contributed by atoms with van der Waals surface area (Å²) in [5.41, 5.74) is 6.82. The van der Waals surface area contributed by atoms with Crippen LogP contribution in [0.1, 0.15) is 52.5 Å². The SMILES string of the molecule is COC(=O)[C@H](C)NC(=O)[C@H](C)NC(=O)[C@H](CCCCN(CC(=O)O)CC(=O)O)NC(=O)[C@H](C)NC(=O)[C@H](C)NC(=O)[C@@H](N)Cc1ccccc1. The van der Waals surface area contributed by atoms with Gasteiger partial charge in [-0.1, -0.05) is 30.3 Å². The minimum atomic E-state index is -1.24. The Morgan fingerprint density at radius 2 is 1.14 bits per heavy atom. The first kappa shape index (κ1) is 42.9. The van der Waals surface area contributed by atoms with Crippen molar-refractivity contribution in [3.8, 4) is 0 Å². The fraction of sp³-hybridized carbons (Fsp3) is 0.562. The second kappa shape index (κ2) is 21.8. The minimum absolute atomic E-state index is 0.00904. The summed E-state index contributed by atoms with van der Waals surface area (Å²) >= 11 is 0. The number of ether oxygens (including phenoxy) is 1. The van der Waals surface area contributed by atoms with Crippen LogP contribution in [0.3, 0.4) is 0 Å². The van der Waals surface area contributed by atoms with Gasteiger partial charge in [-0.25, -0.2) is 4.79 Å². The highest BCUT2D eigenvalue weighted by Crippen LogP contribution is 2.06. The first-order valence-electron chi connectivity index (χ1n) is 16.0. The largest absolute Gasteiger partial charge is 0.480 e. The molecule has 0 unspecified atom stereocenters. The van der Waals surface area contributed by atoms with Gasteiger partial charge in [-0.3, -0.25) is 38.5 Å². The van der Waals surface area contributed by atoms with Crippen LogP contribution in [0.2, 0.25) is 0 Å². The number of benzene rings is 1. The van der Waals surface area contributed by atoms with Gasteiger partial charge < -0.3 is 47.3 Å². The number of nitrogens with two attached hydrogens (primary N) is 1. The molecule has 0 spiro atoms. The van der Waals surface area contributed by atoms with Crippen molar-refractivity contribution in [2.75, 3.05) is 26.7 Å². The molecule has 0 saturated carbocycles. The average Bonchev–Trinajstić information content (AvgIpc) is 3.04. The van der Waals surface area contributed by atoms with Crippen molar-refractivity contribution in [3.05, 3.63) is 35.9 Å². The molecule has 9 N–H and O–H groups in total. The smallest absolute Gasteiger partial charge is 0.328 e. The van der Waals surface area contributed by atoms with E-state index in [4.69, 9.17) is 15.9 Å². The van der Waals surface area contributed by atoms with Gasteiger partial charge >= 0.3 is 17.9 Å². The summed E-state index contributed by atoms with van der Waals surface area (Å²) in [6, 6.07) is 2.49. The Morgan fingerprint density at radius 3 is 1.64 bits per heavy atom. The maximum atomic E-state index is 13.2. The number of aliphatic carboxylic acids is 2. The Morgan fingerprint density at radius 1 is 0.680 bits per heavy atom. The molecule has 18 heteroatoms. The summed E-state index contributed by atoms with van der Waals surface area (Å²) in [4.78, 5) is 99.4. The molecule has 278 valence electrons. The predicted octanol–water partition coefficient (Wildman–Crippen LogP) is -2.13. The molecule has 0 radical (unpaired) electrons. The zero-order valence-corrected chi connectivity index (χ0v) is 28.9. The first-order valence-corrected chi connectivity index (χ1v) is 16.0. The van der Waals surface area contributed by atoms with E-state index in [0.29, 0.717) is 0 Å². The molecule has 1 aromatic rings. The van der Waals surface area contributed by atoms with Gasteiger partial charge in [0.2, 0.25) is 29.5 Å². The van der Waals surface area contributed by atoms with Gasteiger partial charge in [0.1, 0.15) is 30.2 Å². The minimum Gasteiger partial charge on any atom is -0.480 e. The topological polar surface area (TPSA) is 276 Å². The molecule has 0 bridgehead atoms. The Kier molecular flexibility index (Phi) is 18.7. The first-order chi connectivity index (χ1) is 23.4. The number of carboxylic acid groups (broad SMARTS) is 2. The molecular weight excluding hydrogens is 658 g/mol. The molecule has 0 aromatic heterocycles. The van der Waals surface area contributed by atoms with Crippen LogP contribution in [0.15, 0.2) is 30.3 Å². The molecule has 50 heavy (non-hydrogen) atoms. The van der Waals surface area contributed by atoms with Gasteiger partial charge in [-0.15, -0.1) is 0 Å². The number of unbranched alkanes of at least 4 members (excludes halogenated alkanes) is 1. The molecule has 0 fully saturated rings. The Balaban J connectivity index is 2.90. The number of carboxylic acids is 2. The number of esters is 1. The maximum Gasteiger partial charge on any atom is 0.328 e. The quantitative estimate of drug-likeness (QED) is 0.0473. The zero-order chi connectivity index (χ0) is 38.0. The highest BCUT2D eigenvalue weighted by atomic mass is 16.5. The van der Waals surface area contributed by atoms with Crippen LogP contribution in [0, 0.1) is 0 Å². The van der Waals surface area contributed by atoms with Gasteiger partial charge in [-0.2, -0.15) is 0 Å². The van der Waals surface area contributed by atoms with E-state index in [0.717, 1.165) is 12.7 Å². The summed E-state index contributed by atoms with van der Waals surface area (Å²) in [5, 5.41) is 30.5. The third-order valence-corrected chi connectivity index (χ3v) is 7.37. The fourth-order valence-electron chi connectivity index (χ4n) is 4.55. The second-order valence-electron chi connectivity index (χ2n) is 11.8. The van der Waals surface area contributed by atoms with Crippen molar-refractivity contribution in [1.29, 1.82) is 0 Å². The van der Waals surface area contributed by atoms with E-state index >= 15 is 0 Å². The van der Waals surface area contributed by atoms with E-state index in [1.165, 1.54) is 32.6 Å². The number of methoxy groups -OCH3 is 1. The Bertz CT molecular complexity index is 1330. The Hall–Kier alpha value is -5.10. The van der Waals surface area contributed by atoms with Crippen molar-refractivity contribution >= 4 is 47.4 Å². The molecule has 0 saturated heterocycles. The summed E-state index contributed by atoms with van der Waals surface area (Å²) < 4.78 is 4.57. The molecule has 18 nitrogen and oxygen atoms in total. The normalized spacial score (nSPS) is 14.5. The van der Waals surface area contributed by atoms with E-state index in [-0.39, 0.29) is 32.2 Å². The molecule has 1 rings (SSSR count). The van der Waals surface area contributed by atoms with Gasteiger partial charge in [0, 0.05) is 0 Å². The maximum absolute atomic E-state index is 13.2. The molecule has 0 aliphatic heterocycles. The number of amides is 5. The zero-order valence-electron chi connectivity index (χ0n) is 28.9. The molecule has 5 amide bonds. The molecule has 0 aliphatic rings. The van der Waals surface area contributed by atoms with Crippen molar-refractivity contribution in [1.82, 2.24) is 31.5 Å². The third-order valence-electron chi connectivity index (χ3n) is 7.37. The summed E-state index contributed by atoms with van der Waals surface area (Å²) in [6.45, 7) is 4.55. The summed E-state index contributed by atoms with van der Waals surface area (Å²) in [7, 11) is 1.15. The highest BCUT2D eigenvalue weighted by molar-refractivity contribution is 5.96. The monoisotopic (exact) mass is 707 g/mol. The fourth-order valence-corrected chi connectivity index (χ4v) is 4.55. The molecule has 0 aliphatic carbocycles. The van der Waals surface area contributed by atoms with Crippen LogP contribution in [0.25, 0.3) is 0 Å². The lowest BCUT2D eigenvalue weighted by Crippen LogP contribution is -2.58. The van der Waals surface area contributed by atoms with E-state index in [1.807, 2.05) is 18.2 Å². The lowest BCUT2D eigenvalue weighted by Gasteiger charge is -2.25. The van der Waals surface area contributed by atoms with Crippen molar-refractivity contribution < 1.29 is 53.3 Å². The number of hydrogen-bond acceptors (Lipinski definition) is 11. The summed E-state index contributed by atoms with van der Waals surface area (Å²) in [6.07, 6.45) is 0.708. The molecular formula is C32H49N7O11. The Labute approximate surface area is 290 Å². The van der Waals surface area contributed by atoms with E-state index in [1.54, 1.807) is 12.1 Å². The third kappa shape index (κ3) is 16.3. The lowest BCUT2D eigenvalue weighted by atomic mass is 10.1. The average molecular weight is 708 g/mol. The number of nitrogens with zero attached hydrogens (tertiary/aromatic N) is 1. The van der Waals surface area contributed by atoms with E-state index in [9.17, 15) is 38.4 Å². The molecule has 6 atom stereocenters. The van der Waals surface area contributed by atoms with E-state index < -0.39 is 96.8 Å². The second-order valence-corrected chi connectivity index (χ2v) is 11.8. The van der Waals surface area contributed by atoms with Crippen LogP contribution in [0.4, 0.5) is 0 Å². The van der Waals surface area contributed by atoms with Crippen LogP contribution in [-0.4, -0.2) is 126 Å². The molecule has 1 aromatic carbocycles. The van der Waals surface area contributed by atoms with Gasteiger partial charge in [0.05, 0.1) is 26.2 Å². The van der Waals surface area contributed by atoms with Gasteiger partial charge in [0.15, 0.2) is 0 Å². The number of carbonyl (C=O) groups excluding carboxylic acids is 6. The number of carbonyl (C=O) groups is 8. The molecule has 0 heterocycles. The van der Waals surface area contributed by atoms with Crippen LogP contribution < -0.4 is 32.3 Å². The van der Waals surface area contributed by atoms with Crippen LogP contribution in [-0.2, 0) is 49.5 Å². The standard InChI is InChI=1S/C32H49N7O11/c1-18(35-30(47)23(33)15-22-11-7-6-8-12-22)27(44)34-20(3)29(46)38-24(13-9-10-14-39(16-25(40)41)17-26(42)43)31(48)36-19(2)28(45)37-21(4)32(49)50-5/h6-8,11-12,18-21,23-24H,9-10,13-17,33H2,1-5H3,(H,34,44)(H,35,47)(H,36,48)(H,37,45)(H,38,46)(H,40,41)(H,42,43)/t18-,19-,20-,21-,23-,24-/m0/s1. The van der Waals surface area contributed by atoms with Crippen LogP contribution in [0.5, 0.6) is 0 Å². The number of rotatable bonds is 22. The lowest BCUT2D eigenvalue weighted by molar-refractivity contribution is -0.145.